The van der Waals surface area contributed by atoms with Gasteiger partial charge in [0.25, 0.3) is 0 Å². The number of aromatic nitrogens is 4. The van der Waals surface area contributed by atoms with Gasteiger partial charge in [-0.1, -0.05) is 58.7 Å². The van der Waals surface area contributed by atoms with Crippen molar-refractivity contribution in [2.24, 2.45) is 0 Å². The van der Waals surface area contributed by atoms with Crippen LogP contribution in [0, 0.1) is 0 Å². The zero-order chi connectivity index (χ0) is 14.4. The van der Waals surface area contributed by atoms with Gasteiger partial charge in [0.05, 0.1) is 5.52 Å². The van der Waals surface area contributed by atoms with Gasteiger partial charge in [-0.2, -0.15) is 4.52 Å². The van der Waals surface area contributed by atoms with Gasteiger partial charge >= 0.3 is 0 Å². The highest BCUT2D eigenvalue weighted by atomic mass is 35.5. The molecule has 0 unspecified atom stereocenters. The Kier molecular flexibility index (Phi) is 2.80. The molecule has 4 aromatic rings. The van der Waals surface area contributed by atoms with Gasteiger partial charge < -0.3 is 0 Å². The van der Waals surface area contributed by atoms with Gasteiger partial charge in [0, 0.05) is 16.0 Å². The van der Waals surface area contributed by atoms with Crippen molar-refractivity contribution in [2.45, 2.75) is 0 Å². The van der Waals surface area contributed by atoms with Crippen molar-refractivity contribution in [1.82, 2.24) is 19.8 Å². The quantitative estimate of drug-likeness (QED) is 0.493. The van der Waals surface area contributed by atoms with E-state index in [1.54, 1.807) is 16.6 Å². The number of hydrogen-bond donors (Lipinski definition) is 0. The number of halogens is 2. The summed E-state index contributed by atoms with van der Waals surface area (Å²) in [5.41, 5.74) is 3.10. The molecule has 0 atom stereocenters. The molecule has 0 fully saturated rings. The first-order valence-corrected chi connectivity index (χ1v) is 7.05. The number of nitrogens with zero attached hydrogens (tertiary/aromatic N) is 4. The molecule has 0 N–H and O–H groups in total. The first-order valence-electron chi connectivity index (χ1n) is 6.29. The number of rotatable bonds is 1. The minimum absolute atomic E-state index is 0.388. The standard InChI is InChI=1S/C15H8Cl2N4/c16-10-6-7-12-11(8-10)14(17)18-15-13(19-20-21(12)15)9-4-2-1-3-5-9/h1-8H. The van der Waals surface area contributed by atoms with E-state index in [0.29, 0.717) is 21.5 Å². The van der Waals surface area contributed by atoms with E-state index in [0.717, 1.165) is 16.5 Å². The monoisotopic (exact) mass is 314 g/mol. The highest BCUT2D eigenvalue weighted by Crippen LogP contribution is 2.29. The highest BCUT2D eigenvalue weighted by molar-refractivity contribution is 6.36. The maximum absolute atomic E-state index is 6.29. The summed E-state index contributed by atoms with van der Waals surface area (Å²) < 4.78 is 1.68. The predicted octanol–water partition coefficient (Wildman–Crippen LogP) is 4.25. The topological polar surface area (TPSA) is 43.1 Å². The first-order chi connectivity index (χ1) is 10.2. The lowest BCUT2D eigenvalue weighted by atomic mass is 10.1. The molecule has 21 heavy (non-hydrogen) atoms. The van der Waals surface area contributed by atoms with E-state index in [-0.39, 0.29) is 0 Å². The fourth-order valence-corrected chi connectivity index (χ4v) is 2.74. The average Bonchev–Trinajstić information content (AvgIpc) is 2.92. The second kappa shape index (κ2) is 4.69. The summed E-state index contributed by atoms with van der Waals surface area (Å²) in [4.78, 5) is 4.43. The number of hydrogen-bond acceptors (Lipinski definition) is 3. The SMILES string of the molecule is Clc1ccc2c(c1)c(Cl)nc1c(-c3ccccc3)nnn12. The third-order valence-corrected chi connectivity index (χ3v) is 3.83. The van der Waals surface area contributed by atoms with Crippen molar-refractivity contribution < 1.29 is 0 Å². The summed E-state index contributed by atoms with van der Waals surface area (Å²) in [5.74, 6) is 0. The van der Waals surface area contributed by atoms with Crippen LogP contribution >= 0.6 is 23.2 Å². The first kappa shape index (κ1) is 12.6. The van der Waals surface area contributed by atoms with Gasteiger partial charge in [-0.25, -0.2) is 4.98 Å². The van der Waals surface area contributed by atoms with Gasteiger partial charge in [-0.05, 0) is 18.2 Å². The van der Waals surface area contributed by atoms with Crippen LogP contribution in [-0.2, 0) is 0 Å². The summed E-state index contributed by atoms with van der Waals surface area (Å²) in [6.07, 6.45) is 0. The van der Waals surface area contributed by atoms with Gasteiger partial charge in [-0.15, -0.1) is 5.10 Å². The lowest BCUT2D eigenvalue weighted by Gasteiger charge is -2.04. The molecular formula is C15H8Cl2N4. The number of benzene rings is 2. The van der Waals surface area contributed by atoms with Crippen molar-refractivity contribution in [3.63, 3.8) is 0 Å². The van der Waals surface area contributed by atoms with Crippen LogP contribution in [0.4, 0.5) is 0 Å². The molecule has 0 bridgehead atoms. The molecule has 0 radical (unpaired) electrons. The maximum atomic E-state index is 6.29. The smallest absolute Gasteiger partial charge is 0.185 e. The van der Waals surface area contributed by atoms with Crippen molar-refractivity contribution in [2.75, 3.05) is 0 Å². The van der Waals surface area contributed by atoms with E-state index in [9.17, 15) is 0 Å². The van der Waals surface area contributed by atoms with Crippen LogP contribution < -0.4 is 0 Å². The van der Waals surface area contributed by atoms with Crippen LogP contribution in [0.25, 0.3) is 27.8 Å². The zero-order valence-corrected chi connectivity index (χ0v) is 12.2. The van der Waals surface area contributed by atoms with Gasteiger partial charge in [0.1, 0.15) is 10.8 Å². The fraction of sp³-hybridized carbons (Fsp3) is 0. The van der Waals surface area contributed by atoms with E-state index in [1.165, 1.54) is 0 Å². The maximum Gasteiger partial charge on any atom is 0.185 e. The Labute approximate surface area is 129 Å². The van der Waals surface area contributed by atoms with Gasteiger partial charge in [-0.3, -0.25) is 0 Å². The van der Waals surface area contributed by atoms with E-state index < -0.39 is 0 Å². The summed E-state index contributed by atoms with van der Waals surface area (Å²) in [6.45, 7) is 0. The molecule has 4 rings (SSSR count). The third kappa shape index (κ3) is 1.95. The van der Waals surface area contributed by atoms with Crippen molar-refractivity contribution in [3.05, 3.63) is 58.7 Å². The van der Waals surface area contributed by atoms with Crippen LogP contribution in [0.15, 0.2) is 48.5 Å². The number of fused-ring (bicyclic) bond motifs is 3. The minimum Gasteiger partial charge on any atom is -0.214 e. The lowest BCUT2D eigenvalue weighted by Crippen LogP contribution is -1.94. The Bertz CT molecular complexity index is 964. The van der Waals surface area contributed by atoms with Crippen LogP contribution in [0.3, 0.4) is 0 Å². The molecule has 0 spiro atoms. The molecular weight excluding hydrogens is 307 g/mol. The molecule has 0 saturated carbocycles. The molecule has 0 aliphatic heterocycles. The fourth-order valence-electron chi connectivity index (χ4n) is 2.33. The second-order valence-corrected chi connectivity index (χ2v) is 5.40. The van der Waals surface area contributed by atoms with Crippen molar-refractivity contribution in [1.29, 1.82) is 0 Å². The second-order valence-electron chi connectivity index (χ2n) is 4.60. The van der Waals surface area contributed by atoms with Crippen LogP contribution in [0.2, 0.25) is 10.2 Å². The third-order valence-electron chi connectivity index (χ3n) is 3.31. The molecule has 4 nitrogen and oxygen atoms in total. The molecule has 2 aromatic heterocycles. The van der Waals surface area contributed by atoms with Crippen LogP contribution in [0.1, 0.15) is 0 Å². The van der Waals surface area contributed by atoms with E-state index in [2.05, 4.69) is 15.3 Å². The molecule has 102 valence electrons. The Balaban J connectivity index is 2.10. The Morgan fingerprint density at radius 3 is 2.57 bits per heavy atom. The summed E-state index contributed by atoms with van der Waals surface area (Å²) in [5, 5.41) is 10.2. The summed E-state index contributed by atoms with van der Waals surface area (Å²) >= 11 is 12.3. The minimum atomic E-state index is 0.388. The average molecular weight is 315 g/mol. The highest BCUT2D eigenvalue weighted by Gasteiger charge is 2.14. The van der Waals surface area contributed by atoms with Crippen LogP contribution in [-0.4, -0.2) is 19.8 Å². The molecule has 0 amide bonds. The van der Waals surface area contributed by atoms with Gasteiger partial charge in [0.2, 0.25) is 0 Å². The van der Waals surface area contributed by atoms with Crippen molar-refractivity contribution >= 4 is 39.8 Å². The lowest BCUT2D eigenvalue weighted by molar-refractivity contribution is 0.877. The molecule has 0 aliphatic rings. The molecule has 2 aromatic carbocycles. The molecule has 0 aliphatic carbocycles. The Morgan fingerprint density at radius 2 is 1.76 bits per heavy atom. The zero-order valence-electron chi connectivity index (χ0n) is 10.7. The normalized spacial score (nSPS) is 11.3. The van der Waals surface area contributed by atoms with Gasteiger partial charge in [0.15, 0.2) is 5.65 Å². The molecule has 2 heterocycles. The largest absolute Gasteiger partial charge is 0.214 e. The Morgan fingerprint density at radius 1 is 0.952 bits per heavy atom. The summed E-state index contributed by atoms with van der Waals surface area (Å²) in [6, 6.07) is 15.2. The van der Waals surface area contributed by atoms with E-state index in [1.807, 2.05) is 36.4 Å². The van der Waals surface area contributed by atoms with E-state index in [4.69, 9.17) is 23.2 Å². The predicted molar refractivity (Wildman–Crippen MR) is 83.7 cm³/mol. The van der Waals surface area contributed by atoms with Crippen molar-refractivity contribution in [3.8, 4) is 11.3 Å². The molecule has 6 heteroatoms. The van der Waals surface area contributed by atoms with Crippen LogP contribution in [0.5, 0.6) is 0 Å². The summed E-state index contributed by atoms with van der Waals surface area (Å²) in [7, 11) is 0. The molecule has 0 saturated heterocycles. The Hall–Kier alpha value is -2.17. The van der Waals surface area contributed by atoms with E-state index >= 15 is 0 Å².